The number of nitrogens with zero attached hydrogens (tertiary/aromatic N) is 1. The van der Waals surface area contributed by atoms with E-state index in [0.29, 0.717) is 0 Å². The molecule has 0 fully saturated rings. The van der Waals surface area contributed by atoms with E-state index in [0.717, 1.165) is 35.1 Å². The van der Waals surface area contributed by atoms with Crippen molar-refractivity contribution < 1.29 is 13.2 Å². The van der Waals surface area contributed by atoms with E-state index in [1.165, 1.54) is 4.31 Å². The van der Waals surface area contributed by atoms with Gasteiger partial charge in [-0.25, -0.2) is 8.42 Å². The maximum absolute atomic E-state index is 12.4. The molecule has 25 heavy (non-hydrogen) atoms. The summed E-state index contributed by atoms with van der Waals surface area (Å²) in [5.41, 5.74) is 3.64. The summed E-state index contributed by atoms with van der Waals surface area (Å²) in [7, 11) is -3.51. The number of carbonyl (C=O) groups is 1. The van der Waals surface area contributed by atoms with Crippen molar-refractivity contribution in [2.75, 3.05) is 18.1 Å². The number of hydrogen-bond donors (Lipinski definition) is 1. The lowest BCUT2D eigenvalue weighted by atomic mass is 10.1. The van der Waals surface area contributed by atoms with Gasteiger partial charge in [0.05, 0.1) is 12.8 Å². The van der Waals surface area contributed by atoms with Crippen LogP contribution in [0.4, 0.5) is 5.69 Å². The minimum atomic E-state index is -3.51. The van der Waals surface area contributed by atoms with E-state index >= 15 is 0 Å². The minimum Gasteiger partial charge on any atom is -0.325 e. The number of benzene rings is 2. The topological polar surface area (TPSA) is 66.5 Å². The highest BCUT2D eigenvalue weighted by Crippen LogP contribution is 2.16. The van der Waals surface area contributed by atoms with Gasteiger partial charge in [-0.3, -0.25) is 4.79 Å². The van der Waals surface area contributed by atoms with Crippen molar-refractivity contribution >= 4 is 21.6 Å². The Hall–Kier alpha value is -2.18. The quantitative estimate of drug-likeness (QED) is 0.825. The first-order valence-corrected chi connectivity index (χ1v) is 10.0. The normalized spacial score (nSPS) is 11.5. The fourth-order valence-electron chi connectivity index (χ4n) is 2.61. The first-order valence-electron chi connectivity index (χ1n) is 8.18. The molecular weight excluding hydrogens is 336 g/mol. The molecule has 0 bridgehead atoms. The number of para-hydroxylation sites is 1. The Morgan fingerprint density at radius 3 is 2.48 bits per heavy atom. The van der Waals surface area contributed by atoms with Crippen LogP contribution in [0.25, 0.3) is 0 Å². The van der Waals surface area contributed by atoms with E-state index < -0.39 is 10.0 Å². The Morgan fingerprint density at radius 1 is 1.12 bits per heavy atom. The van der Waals surface area contributed by atoms with Gasteiger partial charge < -0.3 is 5.32 Å². The summed E-state index contributed by atoms with van der Waals surface area (Å²) >= 11 is 0. The number of amides is 1. The third kappa shape index (κ3) is 5.69. The second-order valence-corrected chi connectivity index (χ2v) is 8.06. The van der Waals surface area contributed by atoms with E-state index in [1.54, 1.807) is 0 Å². The molecule has 1 N–H and O–H groups in total. The Kier molecular flexibility index (Phi) is 6.33. The van der Waals surface area contributed by atoms with Crippen LogP contribution in [0.1, 0.15) is 23.6 Å². The molecule has 0 saturated carbocycles. The molecule has 0 aliphatic rings. The summed E-state index contributed by atoms with van der Waals surface area (Å²) in [4.78, 5) is 12.4. The molecule has 0 heterocycles. The fourth-order valence-corrected chi connectivity index (χ4v) is 3.34. The molecule has 134 valence electrons. The highest BCUT2D eigenvalue weighted by atomic mass is 32.2. The molecule has 0 aromatic heterocycles. The summed E-state index contributed by atoms with van der Waals surface area (Å²) in [6, 6.07) is 15.1. The molecular formula is C19H24N2O3S. The second kappa shape index (κ2) is 8.27. The molecule has 1 amide bonds. The van der Waals surface area contributed by atoms with Gasteiger partial charge in [0, 0.05) is 12.2 Å². The van der Waals surface area contributed by atoms with Crippen molar-refractivity contribution in [3.63, 3.8) is 0 Å². The fraction of sp³-hybridized carbons (Fsp3) is 0.316. The molecule has 2 rings (SSSR count). The maximum atomic E-state index is 12.4. The second-order valence-electron chi connectivity index (χ2n) is 6.08. The van der Waals surface area contributed by atoms with Crippen LogP contribution in [-0.2, 0) is 27.8 Å². The van der Waals surface area contributed by atoms with Crippen molar-refractivity contribution in [3.05, 3.63) is 65.2 Å². The lowest BCUT2D eigenvalue weighted by molar-refractivity contribution is -0.116. The number of aryl methyl sites for hydroxylation is 2. The standard InChI is InChI=1S/C19H24N2O3S/c1-4-17-10-5-6-11-18(17)20-19(22)14-21(25(3,23)24)13-16-9-7-8-15(2)12-16/h5-12H,4,13-14H2,1-3H3,(H,20,22). The predicted octanol–water partition coefficient (Wildman–Crippen LogP) is 2.96. The van der Waals surface area contributed by atoms with Gasteiger partial charge in [-0.15, -0.1) is 0 Å². The van der Waals surface area contributed by atoms with Gasteiger partial charge >= 0.3 is 0 Å². The molecule has 0 spiro atoms. The highest BCUT2D eigenvalue weighted by Gasteiger charge is 2.21. The predicted molar refractivity (Wildman–Crippen MR) is 101 cm³/mol. The van der Waals surface area contributed by atoms with Crippen LogP contribution in [0.3, 0.4) is 0 Å². The zero-order valence-corrected chi connectivity index (χ0v) is 15.6. The van der Waals surface area contributed by atoms with Crippen molar-refractivity contribution in [3.8, 4) is 0 Å². The van der Waals surface area contributed by atoms with Crippen LogP contribution in [0.2, 0.25) is 0 Å². The Labute approximate surface area is 149 Å². The first-order chi connectivity index (χ1) is 11.8. The number of sulfonamides is 1. The van der Waals surface area contributed by atoms with Crippen molar-refractivity contribution in [1.82, 2.24) is 4.31 Å². The molecule has 5 nitrogen and oxygen atoms in total. The van der Waals surface area contributed by atoms with Crippen molar-refractivity contribution in [2.45, 2.75) is 26.8 Å². The Morgan fingerprint density at radius 2 is 1.84 bits per heavy atom. The molecule has 0 aliphatic heterocycles. The number of hydrogen-bond acceptors (Lipinski definition) is 3. The van der Waals surface area contributed by atoms with Crippen LogP contribution in [0.5, 0.6) is 0 Å². The van der Waals surface area contributed by atoms with Gasteiger partial charge in [0.2, 0.25) is 15.9 Å². The molecule has 2 aromatic rings. The van der Waals surface area contributed by atoms with Crippen LogP contribution >= 0.6 is 0 Å². The zero-order valence-electron chi connectivity index (χ0n) is 14.8. The number of rotatable bonds is 7. The number of nitrogens with one attached hydrogen (secondary N) is 1. The minimum absolute atomic E-state index is 0.170. The van der Waals surface area contributed by atoms with E-state index in [2.05, 4.69) is 5.32 Å². The summed E-state index contributed by atoms with van der Waals surface area (Å²) in [5, 5.41) is 2.82. The third-order valence-electron chi connectivity index (χ3n) is 3.90. The SMILES string of the molecule is CCc1ccccc1NC(=O)CN(Cc1cccc(C)c1)S(C)(=O)=O. The molecule has 0 radical (unpaired) electrons. The van der Waals surface area contributed by atoms with Gasteiger partial charge in [-0.1, -0.05) is 55.0 Å². The van der Waals surface area contributed by atoms with E-state index in [4.69, 9.17) is 0 Å². The van der Waals surface area contributed by atoms with E-state index in [1.807, 2.05) is 62.4 Å². The van der Waals surface area contributed by atoms with E-state index in [-0.39, 0.29) is 19.0 Å². The van der Waals surface area contributed by atoms with Gasteiger partial charge in [0.25, 0.3) is 0 Å². The van der Waals surface area contributed by atoms with Gasteiger partial charge in [-0.2, -0.15) is 4.31 Å². The largest absolute Gasteiger partial charge is 0.325 e. The van der Waals surface area contributed by atoms with Gasteiger partial charge in [-0.05, 0) is 30.5 Å². The smallest absolute Gasteiger partial charge is 0.239 e. The summed E-state index contributed by atoms with van der Waals surface area (Å²) in [6.45, 7) is 3.91. The monoisotopic (exact) mass is 360 g/mol. The van der Waals surface area contributed by atoms with Gasteiger partial charge in [0.15, 0.2) is 0 Å². The molecule has 6 heteroatoms. The maximum Gasteiger partial charge on any atom is 0.239 e. The van der Waals surface area contributed by atoms with Crippen LogP contribution in [-0.4, -0.2) is 31.4 Å². The molecule has 0 atom stereocenters. The van der Waals surface area contributed by atoms with Crippen LogP contribution in [0.15, 0.2) is 48.5 Å². The lowest BCUT2D eigenvalue weighted by Crippen LogP contribution is -2.37. The molecule has 0 unspecified atom stereocenters. The molecule has 0 aliphatic carbocycles. The molecule has 0 saturated heterocycles. The third-order valence-corrected chi connectivity index (χ3v) is 5.10. The Bertz CT molecular complexity index is 847. The van der Waals surface area contributed by atoms with Gasteiger partial charge in [0.1, 0.15) is 0 Å². The summed E-state index contributed by atoms with van der Waals surface area (Å²) in [6.07, 6.45) is 1.91. The van der Waals surface area contributed by atoms with Crippen LogP contribution < -0.4 is 5.32 Å². The molecule has 2 aromatic carbocycles. The van der Waals surface area contributed by atoms with E-state index in [9.17, 15) is 13.2 Å². The summed E-state index contributed by atoms with van der Waals surface area (Å²) < 4.78 is 25.3. The Balaban J connectivity index is 2.13. The lowest BCUT2D eigenvalue weighted by Gasteiger charge is -2.20. The number of anilines is 1. The summed E-state index contributed by atoms with van der Waals surface area (Å²) in [5.74, 6) is -0.348. The number of carbonyl (C=O) groups excluding carboxylic acids is 1. The highest BCUT2D eigenvalue weighted by molar-refractivity contribution is 7.88. The average Bonchev–Trinajstić information content (AvgIpc) is 2.54. The van der Waals surface area contributed by atoms with Crippen molar-refractivity contribution in [2.24, 2.45) is 0 Å². The van der Waals surface area contributed by atoms with Crippen molar-refractivity contribution in [1.29, 1.82) is 0 Å². The first kappa shape index (κ1) is 19.1. The van der Waals surface area contributed by atoms with Crippen LogP contribution in [0, 0.1) is 6.92 Å². The average molecular weight is 360 g/mol. The zero-order chi connectivity index (χ0) is 18.4.